The summed E-state index contributed by atoms with van der Waals surface area (Å²) in [5.41, 5.74) is 8.56. The molecule has 0 unspecified atom stereocenters. The van der Waals surface area contributed by atoms with E-state index < -0.39 is 5.82 Å². The normalized spacial score (nSPS) is 10.3. The maximum absolute atomic E-state index is 13.4. The average Bonchev–Trinajstić information content (AvgIpc) is 2.33. The minimum atomic E-state index is -0.391. The molecule has 2 N–H and O–H groups in total. The molecule has 2 rings (SSSR count). The van der Waals surface area contributed by atoms with Crippen LogP contribution in [0.5, 0.6) is 5.75 Å². The molecule has 17 heavy (non-hydrogen) atoms. The van der Waals surface area contributed by atoms with Crippen molar-refractivity contribution >= 4 is 5.69 Å². The predicted octanol–water partition coefficient (Wildman–Crippen LogP) is 3.39. The number of ether oxygens (including phenoxy) is 1. The predicted molar refractivity (Wildman–Crippen MR) is 67.5 cm³/mol. The van der Waals surface area contributed by atoms with Crippen LogP contribution in [0.4, 0.5) is 10.1 Å². The first-order chi connectivity index (χ1) is 8.13. The van der Waals surface area contributed by atoms with E-state index in [0.29, 0.717) is 5.56 Å². The number of hydrogen-bond acceptors (Lipinski definition) is 2. The third-order valence-electron chi connectivity index (χ3n) is 2.78. The Morgan fingerprint density at radius 2 is 1.88 bits per heavy atom. The first kappa shape index (κ1) is 11.5. The van der Waals surface area contributed by atoms with Crippen molar-refractivity contribution < 1.29 is 9.13 Å². The first-order valence-corrected chi connectivity index (χ1v) is 5.32. The molecule has 0 radical (unpaired) electrons. The van der Waals surface area contributed by atoms with Crippen LogP contribution in [-0.4, -0.2) is 7.11 Å². The van der Waals surface area contributed by atoms with Crippen LogP contribution in [-0.2, 0) is 0 Å². The van der Waals surface area contributed by atoms with Gasteiger partial charge in [0, 0.05) is 5.56 Å². The molecule has 0 aliphatic rings. The van der Waals surface area contributed by atoms with Crippen LogP contribution < -0.4 is 10.5 Å². The van der Waals surface area contributed by atoms with Gasteiger partial charge in [-0.25, -0.2) is 4.39 Å². The van der Waals surface area contributed by atoms with Crippen LogP contribution in [0, 0.1) is 12.7 Å². The average molecular weight is 231 g/mol. The maximum Gasteiger partial charge on any atom is 0.146 e. The lowest BCUT2D eigenvalue weighted by Gasteiger charge is -2.11. The number of nitrogen functional groups attached to an aromatic ring is 1. The number of benzene rings is 2. The molecule has 2 aromatic rings. The summed E-state index contributed by atoms with van der Waals surface area (Å²) in [6.45, 7) is 1.95. The molecule has 0 saturated carbocycles. The smallest absolute Gasteiger partial charge is 0.146 e. The van der Waals surface area contributed by atoms with E-state index in [9.17, 15) is 4.39 Å². The number of nitrogens with two attached hydrogens (primary N) is 1. The van der Waals surface area contributed by atoms with Gasteiger partial charge in [0.05, 0.1) is 12.8 Å². The minimum absolute atomic E-state index is 0.181. The molecule has 0 bridgehead atoms. The van der Waals surface area contributed by atoms with E-state index in [1.165, 1.54) is 6.07 Å². The van der Waals surface area contributed by atoms with E-state index in [4.69, 9.17) is 10.5 Å². The van der Waals surface area contributed by atoms with Gasteiger partial charge in [0.2, 0.25) is 0 Å². The number of para-hydroxylation sites is 1. The van der Waals surface area contributed by atoms with E-state index in [1.807, 2.05) is 31.2 Å². The highest BCUT2D eigenvalue weighted by Crippen LogP contribution is 2.32. The van der Waals surface area contributed by atoms with E-state index in [0.717, 1.165) is 16.9 Å². The standard InChI is InChI=1S/C14H14FNO/c1-9-8-10(17-2)6-7-11(9)12-4-3-5-13(15)14(12)16/h3-8H,16H2,1-2H3. The zero-order chi connectivity index (χ0) is 12.4. The van der Waals surface area contributed by atoms with Crippen molar-refractivity contribution in [1.82, 2.24) is 0 Å². The van der Waals surface area contributed by atoms with Gasteiger partial charge in [-0.15, -0.1) is 0 Å². The SMILES string of the molecule is COc1ccc(-c2cccc(F)c2N)c(C)c1. The molecule has 3 heteroatoms. The number of anilines is 1. The summed E-state index contributed by atoms with van der Waals surface area (Å²) in [7, 11) is 1.62. The Kier molecular flexibility index (Phi) is 3.00. The topological polar surface area (TPSA) is 35.2 Å². The van der Waals surface area contributed by atoms with Crippen molar-refractivity contribution in [3.05, 3.63) is 47.8 Å². The highest BCUT2D eigenvalue weighted by molar-refractivity contribution is 5.79. The Morgan fingerprint density at radius 1 is 1.12 bits per heavy atom. The number of halogens is 1. The zero-order valence-corrected chi connectivity index (χ0v) is 9.83. The number of aryl methyl sites for hydroxylation is 1. The van der Waals surface area contributed by atoms with Crippen molar-refractivity contribution in [2.24, 2.45) is 0 Å². The fourth-order valence-corrected chi connectivity index (χ4v) is 1.84. The van der Waals surface area contributed by atoms with Gasteiger partial charge >= 0.3 is 0 Å². The lowest BCUT2D eigenvalue weighted by molar-refractivity contribution is 0.414. The molecular formula is C14H14FNO. The third-order valence-corrected chi connectivity index (χ3v) is 2.78. The number of rotatable bonds is 2. The molecule has 0 aliphatic heterocycles. The van der Waals surface area contributed by atoms with Crippen molar-refractivity contribution in [3.8, 4) is 16.9 Å². The summed E-state index contributed by atoms with van der Waals surface area (Å²) in [4.78, 5) is 0. The molecule has 0 aromatic heterocycles. The Morgan fingerprint density at radius 3 is 2.53 bits per heavy atom. The largest absolute Gasteiger partial charge is 0.497 e. The van der Waals surface area contributed by atoms with Gasteiger partial charge in [0.1, 0.15) is 11.6 Å². The first-order valence-electron chi connectivity index (χ1n) is 5.32. The van der Waals surface area contributed by atoms with Gasteiger partial charge in [-0.2, -0.15) is 0 Å². The summed E-state index contributed by atoms with van der Waals surface area (Å²) in [6, 6.07) is 10.5. The van der Waals surface area contributed by atoms with Crippen molar-refractivity contribution in [2.45, 2.75) is 6.92 Å². The maximum atomic E-state index is 13.4. The van der Waals surface area contributed by atoms with Crippen LogP contribution in [0.25, 0.3) is 11.1 Å². The van der Waals surface area contributed by atoms with Crippen LogP contribution in [0.2, 0.25) is 0 Å². The van der Waals surface area contributed by atoms with E-state index in [2.05, 4.69) is 0 Å². The van der Waals surface area contributed by atoms with Gasteiger partial charge in [0.15, 0.2) is 0 Å². The molecular weight excluding hydrogens is 217 g/mol. The second-order valence-corrected chi connectivity index (χ2v) is 3.88. The van der Waals surface area contributed by atoms with Crippen LogP contribution in [0.3, 0.4) is 0 Å². The van der Waals surface area contributed by atoms with Gasteiger partial charge in [-0.1, -0.05) is 18.2 Å². The number of methoxy groups -OCH3 is 1. The third kappa shape index (κ3) is 2.09. The van der Waals surface area contributed by atoms with Gasteiger partial charge in [0.25, 0.3) is 0 Å². The van der Waals surface area contributed by atoms with Gasteiger partial charge in [-0.3, -0.25) is 0 Å². The molecule has 0 aliphatic carbocycles. The van der Waals surface area contributed by atoms with Crippen LogP contribution in [0.1, 0.15) is 5.56 Å². The Labute approximate surface area is 99.8 Å². The summed E-state index contributed by atoms with van der Waals surface area (Å²) < 4.78 is 18.5. The lowest BCUT2D eigenvalue weighted by atomic mass is 9.99. The quantitative estimate of drug-likeness (QED) is 0.804. The second kappa shape index (κ2) is 4.45. The highest BCUT2D eigenvalue weighted by Gasteiger charge is 2.09. The van der Waals surface area contributed by atoms with Crippen LogP contribution >= 0.6 is 0 Å². The summed E-state index contributed by atoms with van der Waals surface area (Å²) in [5.74, 6) is 0.388. The van der Waals surface area contributed by atoms with Crippen LogP contribution in [0.15, 0.2) is 36.4 Å². The van der Waals surface area contributed by atoms with E-state index in [-0.39, 0.29) is 5.69 Å². The monoisotopic (exact) mass is 231 g/mol. The molecule has 0 heterocycles. The van der Waals surface area contributed by atoms with E-state index >= 15 is 0 Å². The molecule has 0 fully saturated rings. The van der Waals surface area contributed by atoms with Crippen molar-refractivity contribution in [1.29, 1.82) is 0 Å². The summed E-state index contributed by atoms with van der Waals surface area (Å²) in [6.07, 6.45) is 0. The molecule has 0 spiro atoms. The van der Waals surface area contributed by atoms with E-state index in [1.54, 1.807) is 13.2 Å². The zero-order valence-electron chi connectivity index (χ0n) is 9.83. The van der Waals surface area contributed by atoms with Crippen molar-refractivity contribution in [3.63, 3.8) is 0 Å². The molecule has 2 aromatic carbocycles. The lowest BCUT2D eigenvalue weighted by Crippen LogP contribution is -1.95. The fourth-order valence-electron chi connectivity index (χ4n) is 1.84. The Balaban J connectivity index is 2.57. The van der Waals surface area contributed by atoms with Crippen molar-refractivity contribution in [2.75, 3.05) is 12.8 Å². The van der Waals surface area contributed by atoms with Gasteiger partial charge in [-0.05, 0) is 36.2 Å². The highest BCUT2D eigenvalue weighted by atomic mass is 19.1. The molecule has 88 valence electrons. The second-order valence-electron chi connectivity index (χ2n) is 3.88. The minimum Gasteiger partial charge on any atom is -0.497 e. The molecule has 0 atom stereocenters. The number of hydrogen-bond donors (Lipinski definition) is 1. The van der Waals surface area contributed by atoms with Gasteiger partial charge < -0.3 is 10.5 Å². The molecule has 2 nitrogen and oxygen atoms in total. The fraction of sp³-hybridized carbons (Fsp3) is 0.143. The Bertz CT molecular complexity index is 552. The molecule has 0 saturated heterocycles. The summed E-state index contributed by atoms with van der Waals surface area (Å²) in [5, 5.41) is 0. The Hall–Kier alpha value is -2.03. The summed E-state index contributed by atoms with van der Waals surface area (Å²) >= 11 is 0. The molecule has 0 amide bonds.